The van der Waals surface area contributed by atoms with Gasteiger partial charge < -0.3 is 5.11 Å². The molecule has 108 valence electrons. The van der Waals surface area contributed by atoms with E-state index in [-0.39, 0.29) is 11.5 Å². The zero-order valence-corrected chi connectivity index (χ0v) is 13.0. The Morgan fingerprint density at radius 3 is 2.68 bits per heavy atom. The highest BCUT2D eigenvalue weighted by Gasteiger charge is 2.17. The van der Waals surface area contributed by atoms with Gasteiger partial charge in [0.15, 0.2) is 0 Å². The maximum atomic E-state index is 12.2. The molecule has 0 bridgehead atoms. The summed E-state index contributed by atoms with van der Waals surface area (Å²) < 4.78 is 27.1. The number of aryl methyl sites for hydroxylation is 1. The van der Waals surface area contributed by atoms with Crippen molar-refractivity contribution in [3.63, 3.8) is 0 Å². The van der Waals surface area contributed by atoms with Crippen LogP contribution in [0.3, 0.4) is 0 Å². The molecule has 1 aromatic carbocycles. The van der Waals surface area contributed by atoms with Crippen molar-refractivity contribution in [3.05, 3.63) is 29.3 Å². The molecule has 19 heavy (non-hydrogen) atoms. The van der Waals surface area contributed by atoms with Crippen molar-refractivity contribution in [2.75, 3.05) is 18.6 Å². The van der Waals surface area contributed by atoms with Gasteiger partial charge in [-0.05, 0) is 42.0 Å². The van der Waals surface area contributed by atoms with Crippen molar-refractivity contribution < 1.29 is 13.5 Å². The Bertz CT molecular complexity index is 501. The number of aliphatic hydroxyl groups excluding tert-OH is 1. The van der Waals surface area contributed by atoms with Crippen LogP contribution in [0.2, 0.25) is 0 Å². The number of hydrogen-bond donors (Lipinski definition) is 2. The highest BCUT2D eigenvalue weighted by molar-refractivity contribution is 7.98. The van der Waals surface area contributed by atoms with Crippen molar-refractivity contribution in [2.45, 2.75) is 31.3 Å². The van der Waals surface area contributed by atoms with Gasteiger partial charge in [0.25, 0.3) is 0 Å². The van der Waals surface area contributed by atoms with Gasteiger partial charge in [-0.15, -0.1) is 0 Å². The second-order valence-electron chi connectivity index (χ2n) is 4.20. The van der Waals surface area contributed by atoms with Crippen LogP contribution in [0.25, 0.3) is 0 Å². The van der Waals surface area contributed by atoms with E-state index in [9.17, 15) is 8.42 Å². The maximum Gasteiger partial charge on any atom is 0.240 e. The first-order valence-electron chi connectivity index (χ1n) is 6.26. The van der Waals surface area contributed by atoms with Crippen LogP contribution in [-0.4, -0.2) is 32.1 Å². The van der Waals surface area contributed by atoms with Gasteiger partial charge in [0.1, 0.15) is 0 Å². The largest absolute Gasteiger partial charge is 0.392 e. The van der Waals surface area contributed by atoms with E-state index in [1.807, 2.05) is 13.2 Å². The van der Waals surface area contributed by atoms with Crippen LogP contribution in [0.5, 0.6) is 0 Å². The van der Waals surface area contributed by atoms with Gasteiger partial charge in [0.05, 0.1) is 11.5 Å². The Kier molecular flexibility index (Phi) is 6.85. The first kappa shape index (κ1) is 16.5. The lowest BCUT2D eigenvalue weighted by molar-refractivity contribution is 0.281. The maximum absolute atomic E-state index is 12.2. The molecule has 0 amide bonds. The summed E-state index contributed by atoms with van der Waals surface area (Å²) in [5, 5.41) is 9.12. The van der Waals surface area contributed by atoms with Crippen LogP contribution >= 0.6 is 11.8 Å². The molecule has 0 aliphatic rings. The number of aliphatic hydroxyl groups is 1. The van der Waals surface area contributed by atoms with Gasteiger partial charge in [-0.2, -0.15) is 11.8 Å². The molecule has 0 unspecified atom stereocenters. The van der Waals surface area contributed by atoms with E-state index in [1.54, 1.807) is 30.0 Å². The summed E-state index contributed by atoms with van der Waals surface area (Å²) in [5.41, 5.74) is 1.39. The van der Waals surface area contributed by atoms with E-state index in [2.05, 4.69) is 4.72 Å². The molecule has 1 rings (SSSR count). The number of sulfonamides is 1. The van der Waals surface area contributed by atoms with E-state index in [0.717, 1.165) is 17.7 Å². The summed E-state index contributed by atoms with van der Waals surface area (Å²) in [7, 11) is -3.49. The minimum absolute atomic E-state index is 0.154. The number of nitrogens with one attached hydrogen (secondary N) is 1. The van der Waals surface area contributed by atoms with Gasteiger partial charge >= 0.3 is 0 Å². The Morgan fingerprint density at radius 1 is 1.37 bits per heavy atom. The SMILES string of the molecule is CCc1ccc(CO)cc1S(=O)(=O)NCCCSC. The first-order chi connectivity index (χ1) is 9.05. The number of rotatable bonds is 8. The van der Waals surface area contributed by atoms with E-state index in [0.29, 0.717) is 18.5 Å². The normalized spacial score (nSPS) is 11.7. The van der Waals surface area contributed by atoms with Gasteiger partial charge in [-0.1, -0.05) is 19.1 Å². The monoisotopic (exact) mass is 303 g/mol. The van der Waals surface area contributed by atoms with E-state index < -0.39 is 10.0 Å². The molecule has 6 heteroatoms. The van der Waals surface area contributed by atoms with Crippen LogP contribution in [-0.2, 0) is 23.1 Å². The van der Waals surface area contributed by atoms with Crippen LogP contribution in [0.1, 0.15) is 24.5 Å². The zero-order chi connectivity index (χ0) is 14.3. The van der Waals surface area contributed by atoms with E-state index in [1.165, 1.54) is 0 Å². The molecule has 4 nitrogen and oxygen atoms in total. The molecule has 0 aliphatic carbocycles. The molecule has 0 aromatic heterocycles. The fourth-order valence-corrected chi connectivity index (χ4v) is 3.61. The lowest BCUT2D eigenvalue weighted by atomic mass is 10.1. The third-order valence-corrected chi connectivity index (χ3v) is 5.04. The third-order valence-electron chi connectivity index (χ3n) is 2.80. The van der Waals surface area contributed by atoms with Gasteiger partial charge in [0, 0.05) is 6.54 Å². The minimum atomic E-state index is -3.49. The van der Waals surface area contributed by atoms with Crippen LogP contribution in [0.15, 0.2) is 23.1 Å². The lowest BCUT2D eigenvalue weighted by Gasteiger charge is -2.11. The van der Waals surface area contributed by atoms with Crippen molar-refractivity contribution in [1.82, 2.24) is 4.72 Å². The molecule has 0 aliphatic heterocycles. The standard InChI is InChI=1S/C13H21NO3S2/c1-3-12-6-5-11(10-15)9-13(12)19(16,17)14-7-4-8-18-2/h5-6,9,14-15H,3-4,7-8,10H2,1-2H3. The number of benzene rings is 1. The zero-order valence-electron chi connectivity index (χ0n) is 11.3. The van der Waals surface area contributed by atoms with E-state index in [4.69, 9.17) is 5.11 Å². The van der Waals surface area contributed by atoms with E-state index >= 15 is 0 Å². The van der Waals surface area contributed by atoms with Gasteiger partial charge in [-0.25, -0.2) is 13.1 Å². The first-order valence-corrected chi connectivity index (χ1v) is 9.14. The molecular weight excluding hydrogens is 282 g/mol. The fourth-order valence-electron chi connectivity index (χ4n) is 1.74. The summed E-state index contributed by atoms with van der Waals surface area (Å²) in [5.74, 6) is 0.930. The Labute approximate surface area is 119 Å². The molecule has 0 saturated heterocycles. The third kappa shape index (κ3) is 4.80. The fraction of sp³-hybridized carbons (Fsp3) is 0.538. The second-order valence-corrected chi connectivity index (χ2v) is 6.92. The highest BCUT2D eigenvalue weighted by Crippen LogP contribution is 2.18. The molecule has 0 atom stereocenters. The molecule has 0 saturated carbocycles. The quantitative estimate of drug-likeness (QED) is 0.718. The minimum Gasteiger partial charge on any atom is -0.392 e. The van der Waals surface area contributed by atoms with Gasteiger partial charge in [0.2, 0.25) is 10.0 Å². The molecule has 2 N–H and O–H groups in total. The van der Waals surface area contributed by atoms with Crippen LogP contribution < -0.4 is 4.72 Å². The molecule has 0 spiro atoms. The lowest BCUT2D eigenvalue weighted by Crippen LogP contribution is -2.26. The summed E-state index contributed by atoms with van der Waals surface area (Å²) in [4.78, 5) is 0.283. The second kappa shape index (κ2) is 7.89. The Balaban J connectivity index is 2.92. The summed E-state index contributed by atoms with van der Waals surface area (Å²) in [6.07, 6.45) is 3.45. The molecule has 0 fully saturated rings. The summed E-state index contributed by atoms with van der Waals surface area (Å²) >= 11 is 1.69. The average molecular weight is 303 g/mol. The Hall–Kier alpha value is -0.560. The summed E-state index contributed by atoms with van der Waals surface area (Å²) in [6, 6.07) is 5.07. The number of thioether (sulfide) groups is 1. The molecule has 0 radical (unpaired) electrons. The molecule has 1 aromatic rings. The smallest absolute Gasteiger partial charge is 0.240 e. The summed E-state index contributed by atoms with van der Waals surface area (Å²) in [6.45, 7) is 2.20. The van der Waals surface area contributed by atoms with Gasteiger partial charge in [-0.3, -0.25) is 0 Å². The predicted octanol–water partition coefficient (Wildman–Crippen LogP) is 1.77. The van der Waals surface area contributed by atoms with Crippen LogP contribution in [0, 0.1) is 0 Å². The average Bonchev–Trinajstić information content (AvgIpc) is 2.43. The van der Waals surface area contributed by atoms with Crippen molar-refractivity contribution in [1.29, 1.82) is 0 Å². The Morgan fingerprint density at radius 2 is 2.11 bits per heavy atom. The van der Waals surface area contributed by atoms with Crippen LogP contribution in [0.4, 0.5) is 0 Å². The highest BCUT2D eigenvalue weighted by atomic mass is 32.2. The van der Waals surface area contributed by atoms with Crippen molar-refractivity contribution in [2.24, 2.45) is 0 Å². The molecule has 0 heterocycles. The predicted molar refractivity (Wildman–Crippen MR) is 79.9 cm³/mol. The van der Waals surface area contributed by atoms with Crippen molar-refractivity contribution in [3.8, 4) is 0 Å². The topological polar surface area (TPSA) is 66.4 Å². The van der Waals surface area contributed by atoms with Crippen molar-refractivity contribution >= 4 is 21.8 Å². The molecular formula is C13H21NO3S2. The number of hydrogen-bond acceptors (Lipinski definition) is 4.